The fourth-order valence-corrected chi connectivity index (χ4v) is 3.00. The van der Waals surface area contributed by atoms with Gasteiger partial charge in [0.2, 0.25) is 0 Å². The number of carbonyl (C=O) groups excluding carboxylic acids is 1. The molecular formula is C13H11IN2O3S. The summed E-state index contributed by atoms with van der Waals surface area (Å²) in [6.45, 7) is 1.78. The average Bonchev–Trinajstić information content (AvgIpc) is 2.88. The van der Waals surface area contributed by atoms with Crippen LogP contribution in [0.25, 0.3) is 0 Å². The van der Waals surface area contributed by atoms with E-state index in [0.717, 1.165) is 3.57 Å². The van der Waals surface area contributed by atoms with Crippen LogP contribution in [0.4, 0.5) is 0 Å². The molecule has 2 N–H and O–H groups in total. The summed E-state index contributed by atoms with van der Waals surface area (Å²) >= 11 is 3.32. The van der Waals surface area contributed by atoms with Gasteiger partial charge in [-0.05, 0) is 41.6 Å². The number of halogens is 1. The minimum atomic E-state index is -1.07. The molecule has 20 heavy (non-hydrogen) atoms. The van der Waals surface area contributed by atoms with Gasteiger partial charge in [0, 0.05) is 8.95 Å². The number of aromatic carboxylic acids is 1. The summed E-state index contributed by atoms with van der Waals surface area (Å²) in [6, 6.07) is 6.92. The lowest BCUT2D eigenvalue weighted by atomic mass is 10.2. The molecule has 0 fully saturated rings. The van der Waals surface area contributed by atoms with Crippen molar-refractivity contribution in [3.8, 4) is 0 Å². The number of thiazole rings is 1. The van der Waals surface area contributed by atoms with Crippen molar-refractivity contribution in [3.05, 3.63) is 49.5 Å². The van der Waals surface area contributed by atoms with E-state index in [2.05, 4.69) is 32.9 Å². The van der Waals surface area contributed by atoms with E-state index in [1.54, 1.807) is 19.1 Å². The van der Waals surface area contributed by atoms with Crippen LogP contribution < -0.4 is 5.32 Å². The lowest BCUT2D eigenvalue weighted by Gasteiger charge is -2.12. The van der Waals surface area contributed by atoms with Crippen molar-refractivity contribution in [2.45, 2.75) is 13.0 Å². The summed E-state index contributed by atoms with van der Waals surface area (Å²) < 4.78 is 0.861. The van der Waals surface area contributed by atoms with Gasteiger partial charge < -0.3 is 10.4 Å². The molecule has 0 aliphatic rings. The number of benzene rings is 1. The van der Waals surface area contributed by atoms with Crippen molar-refractivity contribution >= 4 is 45.8 Å². The smallest absolute Gasteiger partial charge is 0.355 e. The van der Waals surface area contributed by atoms with Gasteiger partial charge in [0.05, 0.1) is 11.6 Å². The highest BCUT2D eigenvalue weighted by Crippen LogP contribution is 2.19. The lowest BCUT2D eigenvalue weighted by molar-refractivity contribution is 0.0691. The largest absolute Gasteiger partial charge is 0.476 e. The molecule has 1 unspecified atom stereocenters. The number of rotatable bonds is 4. The average molecular weight is 402 g/mol. The topological polar surface area (TPSA) is 79.3 Å². The Morgan fingerprint density at radius 1 is 1.40 bits per heavy atom. The molecule has 0 spiro atoms. The standard InChI is InChI=1S/C13H11IN2O3S/c1-7(12-16-10(6-20-12)13(18)19)15-11(17)8-4-2-3-5-9(8)14/h2-7H,1H3,(H,15,17)(H,18,19). The number of carbonyl (C=O) groups is 2. The quantitative estimate of drug-likeness (QED) is 0.771. The first-order chi connectivity index (χ1) is 9.49. The second-order valence-corrected chi connectivity index (χ2v) is 6.10. The van der Waals surface area contributed by atoms with Gasteiger partial charge in [0.1, 0.15) is 5.01 Å². The highest BCUT2D eigenvalue weighted by molar-refractivity contribution is 14.1. The Kier molecular flexibility index (Phi) is 4.71. The molecule has 0 aliphatic heterocycles. The first kappa shape index (κ1) is 14.9. The Balaban J connectivity index is 2.11. The fourth-order valence-electron chi connectivity index (χ4n) is 1.57. The minimum absolute atomic E-state index is 0.000362. The third-order valence-corrected chi connectivity index (χ3v) is 4.55. The Morgan fingerprint density at radius 3 is 2.70 bits per heavy atom. The number of amides is 1. The zero-order valence-electron chi connectivity index (χ0n) is 10.5. The number of aromatic nitrogens is 1. The van der Waals surface area contributed by atoms with Crippen LogP contribution in [0.5, 0.6) is 0 Å². The molecule has 1 amide bonds. The Bertz CT molecular complexity index is 657. The summed E-state index contributed by atoms with van der Waals surface area (Å²) in [4.78, 5) is 26.9. The maximum absolute atomic E-state index is 12.1. The highest BCUT2D eigenvalue weighted by atomic mass is 127. The summed E-state index contributed by atoms with van der Waals surface area (Å²) in [7, 11) is 0. The predicted molar refractivity (Wildman–Crippen MR) is 84.1 cm³/mol. The zero-order valence-corrected chi connectivity index (χ0v) is 13.4. The van der Waals surface area contributed by atoms with Gasteiger partial charge in [-0.3, -0.25) is 4.79 Å². The molecule has 1 atom stereocenters. The van der Waals surface area contributed by atoms with Crippen LogP contribution >= 0.6 is 33.9 Å². The fraction of sp³-hybridized carbons (Fsp3) is 0.154. The summed E-state index contributed by atoms with van der Waals surface area (Å²) in [6.07, 6.45) is 0. The summed E-state index contributed by atoms with van der Waals surface area (Å²) in [5.41, 5.74) is 0.593. The number of carboxylic acid groups (broad SMARTS) is 1. The molecule has 7 heteroatoms. The highest BCUT2D eigenvalue weighted by Gasteiger charge is 2.17. The molecule has 1 heterocycles. The van der Waals surface area contributed by atoms with Crippen molar-refractivity contribution < 1.29 is 14.7 Å². The van der Waals surface area contributed by atoms with Crippen LogP contribution in [0.3, 0.4) is 0 Å². The van der Waals surface area contributed by atoms with E-state index in [-0.39, 0.29) is 17.6 Å². The van der Waals surface area contributed by atoms with E-state index in [0.29, 0.717) is 10.6 Å². The molecule has 0 radical (unpaired) electrons. The second-order valence-electron chi connectivity index (χ2n) is 4.05. The van der Waals surface area contributed by atoms with Crippen LogP contribution in [0.2, 0.25) is 0 Å². The minimum Gasteiger partial charge on any atom is -0.476 e. The van der Waals surface area contributed by atoms with Crippen molar-refractivity contribution in [1.82, 2.24) is 10.3 Å². The monoisotopic (exact) mass is 402 g/mol. The second kappa shape index (κ2) is 6.31. The Labute approximate surface area is 133 Å². The molecule has 5 nitrogen and oxygen atoms in total. The van der Waals surface area contributed by atoms with E-state index in [9.17, 15) is 9.59 Å². The number of carboxylic acids is 1. The third-order valence-electron chi connectivity index (χ3n) is 2.58. The van der Waals surface area contributed by atoms with E-state index < -0.39 is 5.97 Å². The van der Waals surface area contributed by atoms with Gasteiger partial charge >= 0.3 is 5.97 Å². The molecule has 0 bridgehead atoms. The lowest BCUT2D eigenvalue weighted by Crippen LogP contribution is -2.27. The molecule has 104 valence electrons. The van der Waals surface area contributed by atoms with Crippen molar-refractivity contribution in [2.24, 2.45) is 0 Å². The van der Waals surface area contributed by atoms with Crippen LogP contribution in [0.1, 0.15) is 38.8 Å². The first-order valence-electron chi connectivity index (χ1n) is 5.73. The molecule has 0 saturated heterocycles. The summed E-state index contributed by atoms with van der Waals surface area (Å²) in [5, 5.41) is 13.7. The van der Waals surface area contributed by atoms with E-state index >= 15 is 0 Å². The molecular weight excluding hydrogens is 391 g/mol. The number of nitrogens with one attached hydrogen (secondary N) is 1. The number of nitrogens with zero attached hydrogens (tertiary/aromatic N) is 1. The van der Waals surface area contributed by atoms with Gasteiger partial charge in [-0.2, -0.15) is 0 Å². The Morgan fingerprint density at radius 2 is 2.10 bits per heavy atom. The van der Waals surface area contributed by atoms with Crippen molar-refractivity contribution in [2.75, 3.05) is 0 Å². The van der Waals surface area contributed by atoms with Gasteiger partial charge in [0.25, 0.3) is 5.91 Å². The molecule has 1 aromatic heterocycles. The number of hydrogen-bond acceptors (Lipinski definition) is 4. The molecule has 0 saturated carbocycles. The predicted octanol–water partition coefficient (Wildman–Crippen LogP) is 2.94. The molecule has 2 aromatic rings. The normalized spacial score (nSPS) is 11.9. The maximum Gasteiger partial charge on any atom is 0.355 e. The molecule has 2 rings (SSSR count). The van der Waals surface area contributed by atoms with E-state index in [1.165, 1.54) is 16.7 Å². The molecule has 0 aliphatic carbocycles. The van der Waals surface area contributed by atoms with Gasteiger partial charge in [-0.15, -0.1) is 11.3 Å². The summed E-state index contributed by atoms with van der Waals surface area (Å²) in [5.74, 6) is -1.27. The van der Waals surface area contributed by atoms with Crippen molar-refractivity contribution in [3.63, 3.8) is 0 Å². The van der Waals surface area contributed by atoms with E-state index in [1.807, 2.05) is 12.1 Å². The maximum atomic E-state index is 12.1. The number of hydrogen-bond donors (Lipinski definition) is 2. The van der Waals surface area contributed by atoms with Crippen LogP contribution in [-0.2, 0) is 0 Å². The van der Waals surface area contributed by atoms with Gasteiger partial charge in [0.15, 0.2) is 5.69 Å². The van der Waals surface area contributed by atoms with Gasteiger partial charge in [-0.1, -0.05) is 12.1 Å². The third kappa shape index (κ3) is 3.34. The molecule has 1 aromatic carbocycles. The van der Waals surface area contributed by atoms with Gasteiger partial charge in [-0.25, -0.2) is 9.78 Å². The van der Waals surface area contributed by atoms with Crippen LogP contribution in [0, 0.1) is 3.57 Å². The first-order valence-corrected chi connectivity index (χ1v) is 7.69. The Hall–Kier alpha value is -1.48. The zero-order chi connectivity index (χ0) is 14.7. The van der Waals surface area contributed by atoms with E-state index in [4.69, 9.17) is 5.11 Å². The van der Waals surface area contributed by atoms with Crippen LogP contribution in [-0.4, -0.2) is 22.0 Å². The van der Waals surface area contributed by atoms with Crippen molar-refractivity contribution in [1.29, 1.82) is 0 Å². The van der Waals surface area contributed by atoms with Crippen LogP contribution in [0.15, 0.2) is 29.6 Å². The SMILES string of the molecule is CC(NC(=O)c1ccccc1I)c1nc(C(=O)O)cs1.